The summed E-state index contributed by atoms with van der Waals surface area (Å²) in [4.78, 5) is 23.8. The number of aromatic nitrogens is 2. The quantitative estimate of drug-likeness (QED) is 0.830. The predicted octanol–water partition coefficient (Wildman–Crippen LogP) is 1.25. The molecule has 2 aromatic rings. The van der Waals surface area contributed by atoms with Crippen molar-refractivity contribution in [3.63, 3.8) is 0 Å². The van der Waals surface area contributed by atoms with E-state index < -0.39 is 11.9 Å². The monoisotopic (exact) mass is 319 g/mol. The molecule has 8 nitrogen and oxygen atoms in total. The van der Waals surface area contributed by atoms with Crippen LogP contribution in [0.25, 0.3) is 11.3 Å². The molecule has 0 aliphatic rings. The zero-order chi connectivity index (χ0) is 17.0. The lowest BCUT2D eigenvalue weighted by Crippen LogP contribution is -2.32. The van der Waals surface area contributed by atoms with Crippen LogP contribution in [-0.2, 0) is 4.79 Å². The highest BCUT2D eigenvalue weighted by Gasteiger charge is 2.18. The Labute approximate surface area is 132 Å². The van der Waals surface area contributed by atoms with Gasteiger partial charge in [-0.05, 0) is 24.3 Å². The van der Waals surface area contributed by atoms with Gasteiger partial charge in [-0.15, -0.1) is 0 Å². The van der Waals surface area contributed by atoms with Gasteiger partial charge in [-0.25, -0.2) is 0 Å². The number of carbonyl (C=O) groups is 2. The van der Waals surface area contributed by atoms with E-state index in [1.807, 2.05) is 0 Å². The second-order valence-electron chi connectivity index (χ2n) is 4.79. The molecule has 8 heteroatoms. The maximum absolute atomic E-state index is 12.1. The number of hydrogen-bond donors (Lipinski definition) is 2. The first kappa shape index (κ1) is 16.3. The molecule has 0 saturated carbocycles. The van der Waals surface area contributed by atoms with Crippen LogP contribution in [0.1, 0.15) is 10.5 Å². The summed E-state index contributed by atoms with van der Waals surface area (Å²) in [5, 5.41) is 15.4. The van der Waals surface area contributed by atoms with Crippen molar-refractivity contribution in [3.8, 4) is 22.8 Å². The highest BCUT2D eigenvalue weighted by Crippen LogP contribution is 2.31. The number of hydrogen-bond acceptors (Lipinski definition) is 5. The molecule has 122 valence electrons. The van der Waals surface area contributed by atoms with Gasteiger partial charge in [-0.2, -0.15) is 5.10 Å². The van der Waals surface area contributed by atoms with Crippen molar-refractivity contribution in [2.75, 3.05) is 27.8 Å². The van der Waals surface area contributed by atoms with E-state index in [9.17, 15) is 9.59 Å². The van der Waals surface area contributed by atoms with Crippen molar-refractivity contribution in [1.82, 2.24) is 15.1 Å². The fraction of sp³-hybridized carbons (Fsp3) is 0.267. The molecule has 0 bridgehead atoms. The molecule has 0 saturated heterocycles. The number of rotatable bonds is 6. The second-order valence-corrected chi connectivity index (χ2v) is 4.79. The van der Waals surface area contributed by atoms with Crippen molar-refractivity contribution >= 4 is 11.9 Å². The molecule has 1 heterocycles. The third-order valence-electron chi connectivity index (χ3n) is 3.21. The maximum Gasteiger partial charge on any atom is 0.323 e. The molecule has 2 N–H and O–H groups in total. The summed E-state index contributed by atoms with van der Waals surface area (Å²) >= 11 is 0. The number of H-pyrrole nitrogens is 1. The lowest BCUT2D eigenvalue weighted by atomic mass is 10.1. The fourth-order valence-corrected chi connectivity index (χ4v) is 2.06. The lowest BCUT2D eigenvalue weighted by Gasteiger charge is -2.12. The van der Waals surface area contributed by atoms with Gasteiger partial charge in [0.1, 0.15) is 12.2 Å². The number of nitrogens with one attached hydrogen (secondary N) is 1. The minimum absolute atomic E-state index is 0.207. The number of carboxylic acids is 1. The normalized spacial score (nSPS) is 10.2. The van der Waals surface area contributed by atoms with Gasteiger partial charge in [0.2, 0.25) is 0 Å². The van der Waals surface area contributed by atoms with Crippen LogP contribution in [0, 0.1) is 0 Å². The molecule has 2 rings (SSSR count). The van der Waals surface area contributed by atoms with E-state index in [0.717, 1.165) is 10.5 Å². The standard InChI is InChI=1S/C15H17N3O5/c1-18(8-14(19)20)15(21)11-7-10(16-17-11)9-4-5-12(22-2)13(6-9)23-3/h4-7H,8H2,1-3H3,(H,16,17)(H,19,20). The SMILES string of the molecule is COc1ccc(-c2cc(C(=O)N(C)CC(=O)O)[nH]n2)cc1OC. The Morgan fingerprint density at radius 3 is 2.52 bits per heavy atom. The number of carbonyl (C=O) groups excluding carboxylic acids is 1. The van der Waals surface area contributed by atoms with E-state index in [2.05, 4.69) is 10.2 Å². The highest BCUT2D eigenvalue weighted by atomic mass is 16.5. The number of nitrogens with zero attached hydrogens (tertiary/aromatic N) is 2. The van der Waals surface area contributed by atoms with E-state index in [4.69, 9.17) is 14.6 Å². The van der Waals surface area contributed by atoms with Crippen LogP contribution in [0.15, 0.2) is 24.3 Å². The summed E-state index contributed by atoms with van der Waals surface area (Å²) in [6.07, 6.45) is 0. The van der Waals surface area contributed by atoms with Crippen LogP contribution < -0.4 is 9.47 Å². The van der Waals surface area contributed by atoms with Crippen LogP contribution >= 0.6 is 0 Å². The third kappa shape index (κ3) is 3.60. The molecule has 0 atom stereocenters. The Morgan fingerprint density at radius 2 is 1.91 bits per heavy atom. The smallest absolute Gasteiger partial charge is 0.323 e. The summed E-state index contributed by atoms with van der Waals surface area (Å²) in [7, 11) is 4.48. The van der Waals surface area contributed by atoms with E-state index in [1.165, 1.54) is 14.2 Å². The number of amides is 1. The molecule has 0 radical (unpaired) electrons. The molecule has 0 aliphatic carbocycles. The Balaban J connectivity index is 2.25. The third-order valence-corrected chi connectivity index (χ3v) is 3.21. The van der Waals surface area contributed by atoms with Gasteiger partial charge in [-0.3, -0.25) is 14.7 Å². The zero-order valence-electron chi connectivity index (χ0n) is 13.0. The second kappa shape index (κ2) is 6.82. The van der Waals surface area contributed by atoms with Crippen molar-refractivity contribution in [2.45, 2.75) is 0 Å². The molecule has 23 heavy (non-hydrogen) atoms. The number of likely N-dealkylation sites (N-methyl/N-ethyl adjacent to an activating group) is 1. The maximum atomic E-state index is 12.1. The summed E-state index contributed by atoms with van der Waals surface area (Å²) in [5.74, 6) is -0.403. The average Bonchev–Trinajstić information content (AvgIpc) is 3.02. The molecular formula is C15H17N3O5. The highest BCUT2D eigenvalue weighted by molar-refractivity contribution is 5.94. The van der Waals surface area contributed by atoms with Gasteiger partial charge >= 0.3 is 5.97 Å². The van der Waals surface area contributed by atoms with Gasteiger partial charge in [0.15, 0.2) is 11.5 Å². The molecule has 0 spiro atoms. The summed E-state index contributed by atoms with van der Waals surface area (Å²) in [5.41, 5.74) is 1.48. The Bertz CT molecular complexity index is 726. The van der Waals surface area contributed by atoms with Crippen molar-refractivity contribution < 1.29 is 24.2 Å². The largest absolute Gasteiger partial charge is 0.493 e. The van der Waals surface area contributed by atoms with Crippen molar-refractivity contribution in [1.29, 1.82) is 0 Å². The van der Waals surface area contributed by atoms with Gasteiger partial charge in [0, 0.05) is 12.6 Å². The number of aromatic amines is 1. The van der Waals surface area contributed by atoms with Crippen molar-refractivity contribution in [3.05, 3.63) is 30.0 Å². The first-order chi connectivity index (χ1) is 11.0. The number of carboxylic acid groups (broad SMARTS) is 1. The topological polar surface area (TPSA) is 105 Å². The number of ether oxygens (including phenoxy) is 2. The average molecular weight is 319 g/mol. The zero-order valence-corrected chi connectivity index (χ0v) is 13.0. The first-order valence-corrected chi connectivity index (χ1v) is 6.71. The van der Waals surface area contributed by atoms with E-state index >= 15 is 0 Å². The summed E-state index contributed by atoms with van der Waals surface area (Å²) in [6.45, 7) is -0.385. The van der Waals surface area contributed by atoms with Crippen LogP contribution in [0.2, 0.25) is 0 Å². The van der Waals surface area contributed by atoms with Gasteiger partial charge in [0.05, 0.1) is 19.9 Å². The molecule has 0 fully saturated rings. The summed E-state index contributed by atoms with van der Waals surface area (Å²) in [6, 6.07) is 6.82. The van der Waals surface area contributed by atoms with E-state index in [1.54, 1.807) is 31.4 Å². The van der Waals surface area contributed by atoms with Gasteiger partial charge < -0.3 is 19.5 Å². The number of benzene rings is 1. The van der Waals surface area contributed by atoms with Crippen LogP contribution in [0.4, 0.5) is 0 Å². The van der Waals surface area contributed by atoms with Crippen LogP contribution in [-0.4, -0.2) is 59.9 Å². The van der Waals surface area contributed by atoms with Crippen molar-refractivity contribution in [2.24, 2.45) is 0 Å². The molecule has 1 amide bonds. The van der Waals surface area contributed by atoms with E-state index in [0.29, 0.717) is 17.2 Å². The fourth-order valence-electron chi connectivity index (χ4n) is 2.06. The Kier molecular flexibility index (Phi) is 4.85. The Morgan fingerprint density at radius 1 is 1.22 bits per heavy atom. The van der Waals surface area contributed by atoms with Crippen LogP contribution in [0.3, 0.4) is 0 Å². The number of methoxy groups -OCH3 is 2. The minimum atomic E-state index is -1.08. The van der Waals surface area contributed by atoms with Gasteiger partial charge in [-0.1, -0.05) is 0 Å². The minimum Gasteiger partial charge on any atom is -0.493 e. The van der Waals surface area contributed by atoms with E-state index in [-0.39, 0.29) is 12.2 Å². The molecular weight excluding hydrogens is 302 g/mol. The molecule has 0 unspecified atom stereocenters. The lowest BCUT2D eigenvalue weighted by molar-refractivity contribution is -0.137. The first-order valence-electron chi connectivity index (χ1n) is 6.71. The predicted molar refractivity (Wildman–Crippen MR) is 81.7 cm³/mol. The molecule has 1 aromatic heterocycles. The Hall–Kier alpha value is -3.03. The van der Waals surface area contributed by atoms with Gasteiger partial charge in [0.25, 0.3) is 5.91 Å². The van der Waals surface area contributed by atoms with Crippen LogP contribution in [0.5, 0.6) is 11.5 Å². The molecule has 1 aromatic carbocycles. The number of aliphatic carboxylic acids is 1. The summed E-state index contributed by atoms with van der Waals surface area (Å²) < 4.78 is 10.4. The molecule has 0 aliphatic heterocycles.